The van der Waals surface area contributed by atoms with Crippen molar-refractivity contribution in [3.63, 3.8) is 0 Å². The highest BCUT2D eigenvalue weighted by molar-refractivity contribution is 7.90. The lowest BCUT2D eigenvalue weighted by Gasteiger charge is -2.35. The van der Waals surface area contributed by atoms with Crippen LogP contribution in [0.2, 0.25) is 0 Å². The van der Waals surface area contributed by atoms with Gasteiger partial charge in [-0.15, -0.1) is 0 Å². The van der Waals surface area contributed by atoms with Crippen molar-refractivity contribution in [1.82, 2.24) is 9.21 Å². The van der Waals surface area contributed by atoms with E-state index >= 15 is 0 Å². The Morgan fingerprint density at radius 1 is 0.862 bits per heavy atom. The maximum atomic E-state index is 12.8. The number of nitrogens with zero attached hydrogens (tertiary/aromatic N) is 2. The van der Waals surface area contributed by atoms with Gasteiger partial charge in [-0.25, -0.2) is 16.8 Å². The summed E-state index contributed by atoms with van der Waals surface area (Å²) in [5.41, 5.74) is 0.485. The normalized spacial score (nSPS) is 17.1. The molecule has 1 heterocycles. The van der Waals surface area contributed by atoms with E-state index in [9.17, 15) is 26.7 Å². The average molecular weight is 439 g/mol. The quantitative estimate of drug-likeness (QED) is 0.734. The van der Waals surface area contributed by atoms with Gasteiger partial charge in [-0.05, 0) is 29.8 Å². The fraction of sp³-hybridized carbons (Fsp3) is 0.316. The third-order valence-electron chi connectivity index (χ3n) is 4.79. The molecule has 1 atom stereocenters. The van der Waals surface area contributed by atoms with Crippen LogP contribution in [-0.4, -0.2) is 69.5 Å². The SMILES string of the molecule is CS(=O)(=O)c1ccc(S(=O)(=O)N2CCN(C(=O)C(O)c3ccccc3)CC2)cc1. The predicted molar refractivity (Wildman–Crippen MR) is 106 cm³/mol. The first-order chi connectivity index (χ1) is 13.6. The van der Waals surface area contributed by atoms with E-state index < -0.39 is 31.9 Å². The lowest BCUT2D eigenvalue weighted by Crippen LogP contribution is -2.51. The summed E-state index contributed by atoms with van der Waals surface area (Å²) >= 11 is 0. The molecule has 1 unspecified atom stereocenters. The van der Waals surface area contributed by atoms with Crippen molar-refractivity contribution in [1.29, 1.82) is 0 Å². The van der Waals surface area contributed by atoms with E-state index in [4.69, 9.17) is 0 Å². The number of aliphatic hydroxyl groups excluding tert-OH is 1. The second kappa shape index (κ2) is 8.23. The van der Waals surface area contributed by atoms with E-state index in [1.165, 1.54) is 33.5 Å². The third kappa shape index (κ3) is 4.67. The van der Waals surface area contributed by atoms with Gasteiger partial charge in [0.2, 0.25) is 10.0 Å². The number of amides is 1. The second-order valence-corrected chi connectivity index (χ2v) is 10.7. The number of carbonyl (C=O) groups is 1. The van der Waals surface area contributed by atoms with Crippen LogP contribution >= 0.6 is 0 Å². The Bertz CT molecular complexity index is 1080. The lowest BCUT2D eigenvalue weighted by molar-refractivity contribution is -0.141. The van der Waals surface area contributed by atoms with Gasteiger partial charge < -0.3 is 10.0 Å². The fourth-order valence-electron chi connectivity index (χ4n) is 3.11. The molecule has 29 heavy (non-hydrogen) atoms. The van der Waals surface area contributed by atoms with Crippen molar-refractivity contribution < 1.29 is 26.7 Å². The van der Waals surface area contributed by atoms with Crippen LogP contribution < -0.4 is 0 Å². The Balaban J connectivity index is 1.67. The first kappa shape index (κ1) is 21.4. The summed E-state index contributed by atoms with van der Waals surface area (Å²) in [4.78, 5) is 14.0. The zero-order valence-corrected chi connectivity index (χ0v) is 17.4. The smallest absolute Gasteiger partial charge is 0.256 e. The van der Waals surface area contributed by atoms with Gasteiger partial charge in [0, 0.05) is 32.4 Å². The molecule has 2 aromatic carbocycles. The molecule has 0 aliphatic carbocycles. The molecular formula is C19H22N2O6S2. The first-order valence-corrected chi connectivity index (χ1v) is 12.3. The lowest BCUT2D eigenvalue weighted by atomic mass is 10.1. The summed E-state index contributed by atoms with van der Waals surface area (Å²) in [5, 5.41) is 10.3. The number of hydrogen-bond acceptors (Lipinski definition) is 6. The van der Waals surface area contributed by atoms with E-state index in [-0.39, 0.29) is 36.0 Å². The molecule has 0 saturated carbocycles. The minimum absolute atomic E-state index is 0.00556. The number of benzene rings is 2. The van der Waals surface area contributed by atoms with Crippen molar-refractivity contribution >= 4 is 25.8 Å². The molecule has 0 radical (unpaired) electrons. The standard InChI is InChI=1S/C19H22N2O6S2/c1-28(24,25)16-7-9-17(10-8-16)29(26,27)21-13-11-20(12-14-21)19(23)18(22)15-5-3-2-4-6-15/h2-10,18,22H,11-14H2,1H3. The van der Waals surface area contributed by atoms with Gasteiger partial charge in [0.1, 0.15) is 0 Å². The molecule has 0 bridgehead atoms. The van der Waals surface area contributed by atoms with E-state index in [0.29, 0.717) is 5.56 Å². The zero-order chi connectivity index (χ0) is 21.2. The highest BCUT2D eigenvalue weighted by atomic mass is 32.2. The molecule has 1 fully saturated rings. The van der Waals surface area contributed by atoms with E-state index in [1.54, 1.807) is 30.3 Å². The number of hydrogen-bond donors (Lipinski definition) is 1. The monoisotopic (exact) mass is 438 g/mol. The maximum absolute atomic E-state index is 12.8. The van der Waals surface area contributed by atoms with Crippen molar-refractivity contribution in [3.05, 3.63) is 60.2 Å². The van der Waals surface area contributed by atoms with Gasteiger partial charge in [0.05, 0.1) is 9.79 Å². The largest absolute Gasteiger partial charge is 0.378 e. The minimum Gasteiger partial charge on any atom is -0.378 e. The summed E-state index contributed by atoms with van der Waals surface area (Å²) in [6, 6.07) is 13.6. The van der Waals surface area contributed by atoms with Crippen LogP contribution in [-0.2, 0) is 24.7 Å². The van der Waals surface area contributed by atoms with Gasteiger partial charge in [-0.3, -0.25) is 4.79 Å². The van der Waals surface area contributed by atoms with Crippen molar-refractivity contribution in [2.24, 2.45) is 0 Å². The van der Waals surface area contributed by atoms with Crippen LogP contribution in [0, 0.1) is 0 Å². The van der Waals surface area contributed by atoms with Gasteiger partial charge >= 0.3 is 0 Å². The van der Waals surface area contributed by atoms with Crippen LogP contribution in [0.25, 0.3) is 0 Å². The Morgan fingerprint density at radius 2 is 1.38 bits per heavy atom. The molecule has 0 aromatic heterocycles. The van der Waals surface area contributed by atoms with Gasteiger partial charge in [-0.1, -0.05) is 30.3 Å². The summed E-state index contributed by atoms with van der Waals surface area (Å²) in [6.07, 6.45) is -0.237. The van der Waals surface area contributed by atoms with Crippen LogP contribution in [0.1, 0.15) is 11.7 Å². The van der Waals surface area contributed by atoms with E-state index in [1.807, 2.05) is 0 Å². The molecule has 8 nitrogen and oxygen atoms in total. The number of piperazine rings is 1. The second-order valence-electron chi connectivity index (χ2n) is 6.79. The van der Waals surface area contributed by atoms with Crippen LogP contribution in [0.15, 0.2) is 64.4 Å². The molecule has 0 spiro atoms. The molecule has 1 aliphatic heterocycles. The van der Waals surface area contributed by atoms with Crippen molar-refractivity contribution in [3.8, 4) is 0 Å². The third-order valence-corrected chi connectivity index (χ3v) is 7.83. The Kier molecular flexibility index (Phi) is 6.08. The first-order valence-electron chi connectivity index (χ1n) is 8.93. The molecule has 1 amide bonds. The summed E-state index contributed by atoms with van der Waals surface area (Å²) in [5.74, 6) is -0.467. The number of rotatable bonds is 5. The molecule has 156 valence electrons. The summed E-state index contributed by atoms with van der Waals surface area (Å²) in [6.45, 7) is 0.486. The molecule has 1 N–H and O–H groups in total. The van der Waals surface area contributed by atoms with Crippen LogP contribution in [0.3, 0.4) is 0 Å². The average Bonchev–Trinajstić information content (AvgIpc) is 2.73. The molecular weight excluding hydrogens is 416 g/mol. The molecule has 3 rings (SSSR count). The number of carbonyl (C=O) groups excluding carboxylic acids is 1. The van der Waals surface area contributed by atoms with Gasteiger partial charge in [0.15, 0.2) is 15.9 Å². The number of aliphatic hydroxyl groups is 1. The summed E-state index contributed by atoms with van der Waals surface area (Å²) < 4.78 is 49.9. The highest BCUT2D eigenvalue weighted by Gasteiger charge is 2.32. The number of sulfonamides is 1. The molecule has 1 aliphatic rings. The predicted octanol–water partition coefficient (Wildman–Crippen LogP) is 0.657. The highest BCUT2D eigenvalue weighted by Crippen LogP contribution is 2.22. The maximum Gasteiger partial charge on any atom is 0.256 e. The van der Waals surface area contributed by atoms with E-state index in [2.05, 4.69) is 0 Å². The number of sulfone groups is 1. The van der Waals surface area contributed by atoms with Crippen molar-refractivity contribution in [2.45, 2.75) is 15.9 Å². The van der Waals surface area contributed by atoms with Gasteiger partial charge in [-0.2, -0.15) is 4.31 Å². The Morgan fingerprint density at radius 3 is 1.90 bits per heavy atom. The van der Waals surface area contributed by atoms with E-state index in [0.717, 1.165) is 6.26 Å². The Hall–Kier alpha value is -2.27. The van der Waals surface area contributed by atoms with Crippen LogP contribution in [0.4, 0.5) is 0 Å². The summed E-state index contributed by atoms with van der Waals surface area (Å²) in [7, 11) is -7.22. The van der Waals surface area contributed by atoms with Crippen molar-refractivity contribution in [2.75, 3.05) is 32.4 Å². The van der Waals surface area contributed by atoms with Gasteiger partial charge in [0.25, 0.3) is 5.91 Å². The van der Waals surface area contributed by atoms with Crippen LogP contribution in [0.5, 0.6) is 0 Å². The Labute approximate surface area is 170 Å². The zero-order valence-electron chi connectivity index (χ0n) is 15.8. The minimum atomic E-state index is -3.81. The fourth-order valence-corrected chi connectivity index (χ4v) is 5.16. The molecule has 10 heteroatoms. The molecule has 2 aromatic rings. The topological polar surface area (TPSA) is 112 Å². The molecule has 1 saturated heterocycles.